The highest BCUT2D eigenvalue weighted by atomic mass is 16.6. The van der Waals surface area contributed by atoms with E-state index < -0.39 is 16.8 Å². The van der Waals surface area contributed by atoms with Crippen LogP contribution < -0.4 is 5.73 Å². The van der Waals surface area contributed by atoms with E-state index in [1.165, 1.54) is 18.2 Å². The molecule has 1 rings (SSSR count). The van der Waals surface area contributed by atoms with Gasteiger partial charge in [-0.15, -0.1) is 0 Å². The van der Waals surface area contributed by atoms with Gasteiger partial charge in [-0.05, 0) is 24.0 Å². The summed E-state index contributed by atoms with van der Waals surface area (Å²) in [5, 5.41) is 20.4. The molecule has 0 amide bonds. The van der Waals surface area contributed by atoms with E-state index in [1.54, 1.807) is 0 Å². The van der Waals surface area contributed by atoms with Gasteiger partial charge in [0.2, 0.25) is 0 Å². The first-order valence-corrected chi connectivity index (χ1v) is 7.18. The average molecular weight is 294 g/mol. The molecular formula is C15H22N2O4. The van der Waals surface area contributed by atoms with E-state index in [9.17, 15) is 20.0 Å². The molecule has 0 radical (unpaired) electrons. The summed E-state index contributed by atoms with van der Waals surface area (Å²) in [7, 11) is 0. The van der Waals surface area contributed by atoms with E-state index in [4.69, 9.17) is 5.73 Å². The molecule has 6 heteroatoms. The van der Waals surface area contributed by atoms with Gasteiger partial charge in [0, 0.05) is 17.8 Å². The Balaban J connectivity index is 3.23. The zero-order chi connectivity index (χ0) is 16.0. The second kappa shape index (κ2) is 7.61. The number of rotatable bonds is 8. The molecule has 0 saturated carbocycles. The van der Waals surface area contributed by atoms with Crippen molar-refractivity contribution < 1.29 is 14.8 Å². The van der Waals surface area contributed by atoms with Crippen molar-refractivity contribution in [1.82, 2.24) is 0 Å². The van der Waals surface area contributed by atoms with E-state index in [1.807, 2.05) is 13.8 Å². The SMILES string of the molecule is CCCCC(CC)C(C(=O)O)c1cc([N+](=O)[O-])ccc1N. The molecule has 2 atom stereocenters. The third-order valence-electron chi connectivity index (χ3n) is 3.81. The number of nitro groups is 1. The monoisotopic (exact) mass is 294 g/mol. The number of nitro benzene ring substituents is 1. The summed E-state index contributed by atoms with van der Waals surface area (Å²) in [5.41, 5.74) is 6.38. The molecule has 0 aromatic heterocycles. The molecule has 0 spiro atoms. The lowest BCUT2D eigenvalue weighted by Gasteiger charge is -2.24. The van der Waals surface area contributed by atoms with Gasteiger partial charge in [-0.3, -0.25) is 14.9 Å². The summed E-state index contributed by atoms with van der Waals surface area (Å²) in [6.07, 6.45) is 3.37. The summed E-state index contributed by atoms with van der Waals surface area (Å²) in [5.74, 6) is -1.86. The van der Waals surface area contributed by atoms with Crippen LogP contribution in [0.4, 0.5) is 11.4 Å². The van der Waals surface area contributed by atoms with Gasteiger partial charge in [-0.25, -0.2) is 0 Å². The largest absolute Gasteiger partial charge is 0.481 e. The summed E-state index contributed by atoms with van der Waals surface area (Å²) in [6, 6.07) is 4.00. The summed E-state index contributed by atoms with van der Waals surface area (Å²) in [6.45, 7) is 3.98. The minimum absolute atomic E-state index is 0.0771. The highest BCUT2D eigenvalue weighted by Crippen LogP contribution is 2.36. The lowest BCUT2D eigenvalue weighted by Crippen LogP contribution is -2.22. The Morgan fingerprint density at radius 2 is 2.10 bits per heavy atom. The fourth-order valence-electron chi connectivity index (χ4n) is 2.61. The first-order chi connectivity index (χ1) is 9.92. The molecule has 0 aliphatic heterocycles. The van der Waals surface area contributed by atoms with Crippen LogP contribution in [-0.4, -0.2) is 16.0 Å². The Bertz CT molecular complexity index is 516. The van der Waals surface area contributed by atoms with E-state index in [2.05, 4.69) is 0 Å². The predicted octanol–water partition coefficient (Wildman–Crippen LogP) is 3.56. The van der Waals surface area contributed by atoms with E-state index >= 15 is 0 Å². The molecule has 2 unspecified atom stereocenters. The fourth-order valence-corrected chi connectivity index (χ4v) is 2.61. The maximum atomic E-state index is 11.7. The van der Waals surface area contributed by atoms with Crippen molar-refractivity contribution in [1.29, 1.82) is 0 Å². The van der Waals surface area contributed by atoms with Crippen LogP contribution in [0.5, 0.6) is 0 Å². The number of anilines is 1. The maximum Gasteiger partial charge on any atom is 0.311 e. The van der Waals surface area contributed by atoms with Crippen LogP contribution in [-0.2, 0) is 4.79 Å². The molecule has 0 bridgehead atoms. The molecule has 6 nitrogen and oxygen atoms in total. The van der Waals surface area contributed by atoms with Gasteiger partial charge >= 0.3 is 5.97 Å². The summed E-state index contributed by atoms with van der Waals surface area (Å²) >= 11 is 0. The second-order valence-electron chi connectivity index (χ2n) is 5.20. The Morgan fingerprint density at radius 3 is 2.57 bits per heavy atom. The van der Waals surface area contributed by atoms with Gasteiger partial charge in [0.05, 0.1) is 10.8 Å². The molecule has 0 heterocycles. The molecule has 0 aliphatic carbocycles. The number of carboxylic acids is 1. The zero-order valence-electron chi connectivity index (χ0n) is 12.4. The van der Waals surface area contributed by atoms with E-state index in [0.29, 0.717) is 17.7 Å². The number of nitrogen functional groups attached to an aromatic ring is 1. The maximum absolute atomic E-state index is 11.7. The number of carboxylic acid groups (broad SMARTS) is 1. The van der Waals surface area contributed by atoms with Crippen molar-refractivity contribution in [2.24, 2.45) is 5.92 Å². The topological polar surface area (TPSA) is 106 Å². The fraction of sp³-hybridized carbons (Fsp3) is 0.533. The Hall–Kier alpha value is -2.11. The standard InChI is InChI=1S/C15H22N2O4/c1-3-5-6-10(4-2)14(15(18)19)12-9-11(17(20)21)7-8-13(12)16/h7-10,14H,3-6,16H2,1-2H3,(H,18,19). The highest BCUT2D eigenvalue weighted by Gasteiger charge is 2.31. The first-order valence-electron chi connectivity index (χ1n) is 7.18. The lowest BCUT2D eigenvalue weighted by atomic mass is 9.80. The van der Waals surface area contributed by atoms with Crippen molar-refractivity contribution in [3.8, 4) is 0 Å². The zero-order valence-corrected chi connectivity index (χ0v) is 12.4. The molecule has 0 fully saturated rings. The number of benzene rings is 1. The van der Waals surface area contributed by atoms with Gasteiger partial charge in [-0.2, -0.15) is 0 Å². The van der Waals surface area contributed by atoms with Crippen LogP contribution >= 0.6 is 0 Å². The van der Waals surface area contributed by atoms with E-state index in [0.717, 1.165) is 19.3 Å². The molecule has 116 valence electrons. The number of aliphatic carboxylic acids is 1. The van der Waals surface area contributed by atoms with Gasteiger partial charge in [0.25, 0.3) is 5.69 Å². The number of hydrogen-bond acceptors (Lipinski definition) is 4. The third kappa shape index (κ3) is 4.18. The smallest absolute Gasteiger partial charge is 0.311 e. The van der Waals surface area contributed by atoms with Crippen molar-refractivity contribution >= 4 is 17.3 Å². The number of nitrogens with zero attached hydrogens (tertiary/aromatic N) is 1. The number of non-ortho nitro benzene ring substituents is 1. The van der Waals surface area contributed by atoms with Crippen LogP contribution in [0.15, 0.2) is 18.2 Å². The van der Waals surface area contributed by atoms with Gasteiger partial charge < -0.3 is 10.8 Å². The normalized spacial score (nSPS) is 13.6. The van der Waals surface area contributed by atoms with Crippen LogP contribution in [0.3, 0.4) is 0 Å². The van der Waals surface area contributed by atoms with Crippen molar-refractivity contribution in [3.05, 3.63) is 33.9 Å². The Morgan fingerprint density at radius 1 is 1.43 bits per heavy atom. The minimum Gasteiger partial charge on any atom is -0.481 e. The molecule has 21 heavy (non-hydrogen) atoms. The highest BCUT2D eigenvalue weighted by molar-refractivity contribution is 5.79. The predicted molar refractivity (Wildman–Crippen MR) is 81.2 cm³/mol. The number of hydrogen-bond donors (Lipinski definition) is 2. The molecule has 1 aromatic carbocycles. The number of nitrogens with two attached hydrogens (primary N) is 1. The lowest BCUT2D eigenvalue weighted by molar-refractivity contribution is -0.384. The van der Waals surface area contributed by atoms with Gasteiger partial charge in [0.15, 0.2) is 0 Å². The van der Waals surface area contributed by atoms with Crippen molar-refractivity contribution in [2.45, 2.75) is 45.4 Å². The summed E-state index contributed by atoms with van der Waals surface area (Å²) in [4.78, 5) is 22.0. The first kappa shape index (κ1) is 16.9. The second-order valence-corrected chi connectivity index (χ2v) is 5.20. The van der Waals surface area contributed by atoms with Crippen LogP contribution in [0.2, 0.25) is 0 Å². The Kier molecular flexibility index (Phi) is 6.14. The Labute approximate surface area is 124 Å². The molecule has 0 saturated heterocycles. The van der Waals surface area contributed by atoms with Gasteiger partial charge in [0.1, 0.15) is 0 Å². The van der Waals surface area contributed by atoms with Gasteiger partial charge in [-0.1, -0.05) is 33.1 Å². The van der Waals surface area contributed by atoms with Crippen LogP contribution in [0, 0.1) is 16.0 Å². The molecule has 0 aliphatic rings. The third-order valence-corrected chi connectivity index (χ3v) is 3.81. The van der Waals surface area contributed by atoms with Crippen LogP contribution in [0.1, 0.15) is 51.0 Å². The summed E-state index contributed by atoms with van der Waals surface area (Å²) < 4.78 is 0. The quantitative estimate of drug-likeness (QED) is 0.433. The van der Waals surface area contributed by atoms with E-state index in [-0.39, 0.29) is 11.6 Å². The number of unbranched alkanes of at least 4 members (excludes halogenated alkanes) is 1. The molecule has 1 aromatic rings. The molecular weight excluding hydrogens is 272 g/mol. The van der Waals surface area contributed by atoms with Crippen molar-refractivity contribution in [2.75, 3.05) is 5.73 Å². The minimum atomic E-state index is -0.981. The average Bonchev–Trinajstić information content (AvgIpc) is 2.44. The van der Waals surface area contributed by atoms with Crippen LogP contribution in [0.25, 0.3) is 0 Å². The number of carbonyl (C=O) groups is 1. The molecule has 3 N–H and O–H groups in total. The van der Waals surface area contributed by atoms with Crippen molar-refractivity contribution in [3.63, 3.8) is 0 Å².